The van der Waals surface area contributed by atoms with Crippen molar-refractivity contribution in [1.82, 2.24) is 25.2 Å². The Morgan fingerprint density at radius 3 is 2.44 bits per heavy atom. The van der Waals surface area contributed by atoms with Gasteiger partial charge in [-0.15, -0.1) is 6.58 Å². The van der Waals surface area contributed by atoms with Crippen LogP contribution < -0.4 is 20.1 Å². The number of carbonyl (C=O) groups excluding carboxylic acids is 5. The number of nitrogens with zero attached hydrogens (tertiary/aromatic N) is 2. The van der Waals surface area contributed by atoms with Crippen LogP contribution in [0.1, 0.15) is 73.1 Å². The summed E-state index contributed by atoms with van der Waals surface area (Å²) in [5.74, 6) is -2.49. The normalized spacial score (nSPS) is 19.2. The van der Waals surface area contributed by atoms with E-state index in [1.54, 1.807) is 27.0 Å². The van der Waals surface area contributed by atoms with Gasteiger partial charge in [-0.25, -0.2) is 18.2 Å². The maximum Gasteiger partial charge on any atom is 0.408 e. The third-order valence-electron chi connectivity index (χ3n) is 8.59. The van der Waals surface area contributed by atoms with E-state index in [0.29, 0.717) is 18.2 Å². The average molecular weight is 805 g/mol. The number of hydrogen-bond acceptors (Lipinski definition) is 10. The van der Waals surface area contributed by atoms with Crippen LogP contribution in [0, 0.1) is 0 Å². The molecule has 16 heteroatoms. The number of likely N-dealkylation sites (tertiary alicyclic amines) is 1. The molecular weight excluding hydrogens is 758 g/mol. The number of hydrogen-bond donors (Lipinski definition) is 3. The number of ether oxygens (including phenoxy) is 2. The smallest absolute Gasteiger partial charge is 0.408 e. The quantitative estimate of drug-likeness (QED) is 0.174. The number of benzene rings is 1. The summed E-state index contributed by atoms with van der Waals surface area (Å²) >= 11 is 3.46. The summed E-state index contributed by atoms with van der Waals surface area (Å²) in [6.45, 7) is 15.1. The Morgan fingerprint density at radius 2 is 1.83 bits per heavy atom. The second kappa shape index (κ2) is 16.1. The van der Waals surface area contributed by atoms with E-state index < -0.39 is 68.4 Å². The van der Waals surface area contributed by atoms with Crippen molar-refractivity contribution in [2.45, 2.75) is 108 Å². The number of rotatable bonds is 15. The highest BCUT2D eigenvalue weighted by atomic mass is 79.9. The molecule has 4 rings (SSSR count). The fourth-order valence-corrected chi connectivity index (χ4v) is 7.45. The Hall–Kier alpha value is -4.31. The van der Waals surface area contributed by atoms with Crippen LogP contribution in [0.3, 0.4) is 0 Å². The number of ketones is 1. The van der Waals surface area contributed by atoms with E-state index in [2.05, 4.69) is 49.4 Å². The highest BCUT2D eigenvalue weighted by Gasteiger charge is 2.47. The predicted molar refractivity (Wildman–Crippen MR) is 198 cm³/mol. The molecule has 14 nitrogen and oxygen atoms in total. The van der Waals surface area contributed by atoms with E-state index in [9.17, 15) is 32.4 Å². The number of carbonyl (C=O) groups is 5. The van der Waals surface area contributed by atoms with Crippen molar-refractivity contribution < 1.29 is 41.9 Å². The van der Waals surface area contributed by atoms with Gasteiger partial charge in [0.1, 0.15) is 29.3 Å². The Kier molecular flexibility index (Phi) is 12.6. The van der Waals surface area contributed by atoms with Gasteiger partial charge in [0.2, 0.25) is 27.7 Å². The minimum atomic E-state index is -3.95. The second-order valence-corrected chi connectivity index (χ2v) is 17.3. The summed E-state index contributed by atoms with van der Waals surface area (Å²) in [6, 6.07) is 4.83. The Labute approximate surface area is 312 Å². The van der Waals surface area contributed by atoms with Crippen LogP contribution in [0.5, 0.6) is 5.88 Å². The predicted octanol–water partition coefficient (Wildman–Crippen LogP) is 4.22. The maximum absolute atomic E-state index is 14.4. The van der Waals surface area contributed by atoms with E-state index in [-0.39, 0.29) is 49.5 Å². The lowest BCUT2D eigenvalue weighted by Crippen LogP contribution is -2.61. The molecular formula is C36H46BrN5O9S. The summed E-state index contributed by atoms with van der Waals surface area (Å²) in [7, 11) is -3.95. The third-order valence-corrected chi connectivity index (χ3v) is 10.9. The number of Topliss-reactive ketones (excluding diaryl/α,β-unsaturated/α-hetero) is 1. The van der Waals surface area contributed by atoms with Crippen molar-refractivity contribution in [3.63, 3.8) is 0 Å². The summed E-state index contributed by atoms with van der Waals surface area (Å²) in [6.07, 6.45) is 1.65. The highest BCUT2D eigenvalue weighted by molar-refractivity contribution is 9.10. The van der Waals surface area contributed by atoms with Crippen molar-refractivity contribution in [3.05, 3.63) is 59.7 Å². The summed E-state index contributed by atoms with van der Waals surface area (Å²) in [5.41, 5.74) is -2.39. The largest absolute Gasteiger partial charge is 0.472 e. The van der Waals surface area contributed by atoms with Crippen LogP contribution in [-0.4, -0.2) is 89.0 Å². The van der Waals surface area contributed by atoms with E-state index in [1.807, 2.05) is 24.3 Å². The number of nitrogens with one attached hydrogen (secondary N) is 3. The highest BCUT2D eigenvalue weighted by Crippen LogP contribution is 2.31. The summed E-state index contributed by atoms with van der Waals surface area (Å²) in [4.78, 5) is 73.0. The molecule has 0 spiro atoms. The lowest BCUT2D eigenvalue weighted by atomic mass is 9.96. The zero-order chi connectivity index (χ0) is 38.6. The van der Waals surface area contributed by atoms with Crippen LogP contribution >= 0.6 is 15.9 Å². The summed E-state index contributed by atoms with van der Waals surface area (Å²) < 4.78 is 39.9. The lowest BCUT2D eigenvalue weighted by Gasteiger charge is -2.33. The number of fused-ring (bicyclic) bond motifs is 1. The van der Waals surface area contributed by atoms with E-state index in [4.69, 9.17) is 9.47 Å². The monoisotopic (exact) mass is 803 g/mol. The second-order valence-electron chi connectivity index (χ2n) is 14.4. The van der Waals surface area contributed by atoms with Crippen LogP contribution in [0.15, 0.2) is 59.7 Å². The zero-order valence-corrected chi connectivity index (χ0v) is 32.4. The van der Waals surface area contributed by atoms with Crippen molar-refractivity contribution in [2.75, 3.05) is 6.54 Å². The molecule has 2 heterocycles. The van der Waals surface area contributed by atoms with E-state index >= 15 is 0 Å². The van der Waals surface area contributed by atoms with Crippen molar-refractivity contribution in [3.8, 4) is 5.88 Å². The first-order valence-electron chi connectivity index (χ1n) is 16.9. The minimum absolute atomic E-state index is 0.0559. The first-order valence-corrected chi connectivity index (χ1v) is 19.3. The lowest BCUT2D eigenvalue weighted by molar-refractivity contribution is -0.142. The van der Waals surface area contributed by atoms with Gasteiger partial charge in [-0.3, -0.25) is 23.9 Å². The molecule has 1 aliphatic heterocycles. The van der Waals surface area contributed by atoms with Gasteiger partial charge in [0, 0.05) is 28.9 Å². The molecule has 4 atom stereocenters. The van der Waals surface area contributed by atoms with Gasteiger partial charge in [0.15, 0.2) is 5.78 Å². The first kappa shape index (κ1) is 40.5. The fraction of sp³-hybridized carbons (Fsp3) is 0.500. The number of amides is 4. The van der Waals surface area contributed by atoms with Crippen LogP contribution in [0.4, 0.5) is 4.79 Å². The Balaban J connectivity index is 1.67. The van der Waals surface area contributed by atoms with E-state index in [0.717, 1.165) is 9.86 Å². The number of halogens is 1. The standard InChI is InChI=1S/C36H46BrN5O9S/c1-8-16-36(7,33(46)41-52(48,49)25-11-12-25)40-30(44)28-19-24(50-31-26-18-23(37)10-9-22(26)15-17-38-31)20-42(28)32(45)27(13-14-29(43)21(2)3)39-34(47)51-35(4,5)6/h8-10,15,17-18,24-25,27-28H,1-2,11-14,16,19-20H2,3-7H3,(H,39,47)(H,40,44)(H,41,46)/t24-,27+,28+,36+/m1/s1. The van der Waals surface area contributed by atoms with Crippen LogP contribution in [0.2, 0.25) is 0 Å². The van der Waals surface area contributed by atoms with Gasteiger partial charge in [-0.05, 0) is 89.5 Å². The number of aromatic nitrogens is 1. The van der Waals surface area contributed by atoms with Crippen LogP contribution in [-0.2, 0) is 33.9 Å². The molecule has 1 aliphatic carbocycles. The molecule has 2 aromatic rings. The molecule has 3 N–H and O–H groups in total. The van der Waals surface area contributed by atoms with Gasteiger partial charge in [0.05, 0.1) is 11.8 Å². The number of pyridine rings is 1. The third kappa shape index (κ3) is 10.4. The molecule has 1 saturated carbocycles. The molecule has 4 amide bonds. The zero-order valence-electron chi connectivity index (χ0n) is 30.0. The first-order chi connectivity index (χ1) is 24.2. The fourth-order valence-electron chi connectivity index (χ4n) is 5.68. The minimum Gasteiger partial charge on any atom is -0.472 e. The molecule has 2 fully saturated rings. The maximum atomic E-state index is 14.4. The summed E-state index contributed by atoms with van der Waals surface area (Å²) in [5, 5.41) is 6.06. The Bertz CT molecular complexity index is 1870. The molecule has 52 heavy (non-hydrogen) atoms. The SMILES string of the molecule is C=CC[C@](C)(NC(=O)[C@@H]1C[C@@H](Oc2nccc3ccc(Br)cc23)CN1C(=O)[C@H](CCC(=O)C(=C)C)NC(=O)OC(C)(C)C)C(=O)NS(=O)(=O)C1CC1. The molecule has 0 radical (unpaired) electrons. The van der Waals surface area contributed by atoms with Crippen molar-refractivity contribution in [1.29, 1.82) is 0 Å². The average Bonchev–Trinajstić information content (AvgIpc) is 3.83. The molecule has 282 valence electrons. The molecule has 0 unspecified atom stereocenters. The van der Waals surface area contributed by atoms with Crippen molar-refractivity contribution in [2.24, 2.45) is 0 Å². The topological polar surface area (TPSA) is 190 Å². The molecule has 1 aromatic carbocycles. The van der Waals surface area contributed by atoms with Gasteiger partial charge in [-0.2, -0.15) is 0 Å². The molecule has 1 aromatic heterocycles. The van der Waals surface area contributed by atoms with E-state index in [1.165, 1.54) is 24.8 Å². The van der Waals surface area contributed by atoms with Gasteiger partial charge in [-0.1, -0.05) is 34.7 Å². The Morgan fingerprint density at radius 1 is 1.13 bits per heavy atom. The van der Waals surface area contributed by atoms with Crippen molar-refractivity contribution >= 4 is 66.3 Å². The molecule has 0 bridgehead atoms. The molecule has 2 aliphatic rings. The number of alkyl carbamates (subject to hydrolysis) is 1. The van der Waals surface area contributed by atoms with Gasteiger partial charge >= 0.3 is 6.09 Å². The van der Waals surface area contributed by atoms with Crippen LogP contribution in [0.25, 0.3) is 10.8 Å². The number of allylic oxidation sites excluding steroid dienone is 1. The van der Waals surface area contributed by atoms with Gasteiger partial charge in [0.25, 0.3) is 5.91 Å². The number of sulfonamides is 1. The van der Waals surface area contributed by atoms with Gasteiger partial charge < -0.3 is 25.0 Å². The molecule has 1 saturated heterocycles.